The second kappa shape index (κ2) is 41.3. The van der Waals surface area contributed by atoms with Crippen molar-refractivity contribution in [3.63, 3.8) is 0 Å². The molecule has 17 aromatic rings. The number of aromatic amines is 4. The van der Waals surface area contributed by atoms with Crippen LogP contribution in [0.15, 0.2) is 274 Å². The lowest BCUT2D eigenvalue weighted by Crippen LogP contribution is -2.38. The van der Waals surface area contributed by atoms with E-state index in [0.29, 0.717) is 128 Å². The summed E-state index contributed by atoms with van der Waals surface area (Å²) < 4.78 is 30.5. The van der Waals surface area contributed by atoms with Crippen LogP contribution in [0.2, 0.25) is 0 Å². The average molecular weight is 1800 g/mol. The van der Waals surface area contributed by atoms with Gasteiger partial charge in [0.25, 0.3) is 57.2 Å². The van der Waals surface area contributed by atoms with Gasteiger partial charge in [-0.15, -0.1) is 0 Å². The van der Waals surface area contributed by atoms with E-state index in [9.17, 15) is 43.5 Å². The van der Waals surface area contributed by atoms with E-state index in [0.717, 1.165) is 60.8 Å². The number of carbonyl (C=O) groups is 4. The van der Waals surface area contributed by atoms with Crippen LogP contribution in [0.4, 0.5) is 0 Å². The SMILES string of the molecule is CCC1(CCC(=O)c2ccccc2OCc2cc(=O)n3[nH]c(-c4ccccc4)nc3n2)CCC1.Cn1ccc(CC(=O)c2ccccc2OCc2cc(=O)n3[nH]c(-c4ccccc4)nc3n2)n1.O=C(NCC1(CO)CCCC1)c1ccccc1OCc1cc(=O)n2[nH]c(-c3ccccc3)nc2n1.O=C(NCC1CCC1)c1ccccc1OCc1cc(=O)n2[nH]c(-c3ccccc3)nc2n1. The molecule has 2 amide bonds. The van der Waals surface area contributed by atoms with Crippen LogP contribution in [0.25, 0.3) is 68.7 Å². The number of hydrogen-bond acceptors (Lipinski definition) is 22. The van der Waals surface area contributed by atoms with Gasteiger partial charge in [0, 0.05) is 84.7 Å². The molecular weight excluding hydrogens is 1700 g/mol. The summed E-state index contributed by atoms with van der Waals surface area (Å²) in [5, 5.41) is 31.9. The molecule has 0 aliphatic heterocycles. The number of aliphatic hydroxyl groups excluding tert-OH is 1. The number of carbonyl (C=O) groups excluding carboxylic acids is 4. The summed E-state index contributed by atoms with van der Waals surface area (Å²) >= 11 is 0. The predicted octanol–water partition coefficient (Wildman–Crippen LogP) is 14.2. The molecule has 0 bridgehead atoms. The van der Waals surface area contributed by atoms with Crippen molar-refractivity contribution in [2.24, 2.45) is 23.8 Å². The maximum Gasteiger partial charge on any atom is 0.274 e. The molecule has 0 atom stereocenters. The highest BCUT2D eigenvalue weighted by Gasteiger charge is 2.36. The smallest absolute Gasteiger partial charge is 0.274 e. The fourth-order valence-corrected chi connectivity index (χ4v) is 16.4. The predicted molar refractivity (Wildman–Crippen MR) is 501 cm³/mol. The van der Waals surface area contributed by atoms with Gasteiger partial charge in [-0.1, -0.05) is 209 Å². The molecule has 33 nitrogen and oxygen atoms in total. The van der Waals surface area contributed by atoms with Gasteiger partial charge in [0.15, 0.2) is 34.9 Å². The summed E-state index contributed by atoms with van der Waals surface area (Å²) in [6.07, 6.45) is 15.8. The minimum atomic E-state index is -0.305. The molecule has 0 spiro atoms. The van der Waals surface area contributed by atoms with Crippen LogP contribution in [0.3, 0.4) is 0 Å². The Kier molecular flexibility index (Phi) is 27.7. The van der Waals surface area contributed by atoms with Gasteiger partial charge in [-0.3, -0.25) is 63.4 Å². The highest BCUT2D eigenvalue weighted by Crippen LogP contribution is 2.48. The lowest BCUT2D eigenvalue weighted by atomic mass is 9.64. The molecule has 3 fully saturated rings. The Morgan fingerprint density at radius 1 is 0.396 bits per heavy atom. The summed E-state index contributed by atoms with van der Waals surface area (Å²) in [6.45, 7) is 3.54. The zero-order valence-electron chi connectivity index (χ0n) is 73.8. The quantitative estimate of drug-likeness (QED) is 0.0198. The van der Waals surface area contributed by atoms with Crippen LogP contribution in [-0.2, 0) is 39.9 Å². The van der Waals surface area contributed by atoms with Crippen molar-refractivity contribution >= 4 is 46.5 Å². The molecule has 0 unspecified atom stereocenters. The fraction of sp³-hybridized carbons (Fsp3) is 0.257. The van der Waals surface area contributed by atoms with Crippen molar-refractivity contribution in [1.29, 1.82) is 0 Å². The number of ether oxygens (including phenoxy) is 4. The minimum Gasteiger partial charge on any atom is -0.487 e. The van der Waals surface area contributed by atoms with Crippen molar-refractivity contribution in [2.45, 2.75) is 123 Å². The van der Waals surface area contributed by atoms with Gasteiger partial charge < -0.3 is 34.7 Å². The summed E-state index contributed by atoms with van der Waals surface area (Å²) in [4.78, 5) is 137. The number of aliphatic hydroxyl groups is 1. The Labute approximate surface area is 766 Å². The first-order chi connectivity index (χ1) is 65.4. The molecule has 33 heteroatoms. The first-order valence-electron chi connectivity index (χ1n) is 44.6. The van der Waals surface area contributed by atoms with Crippen molar-refractivity contribution in [3.05, 3.63) is 347 Å². The monoisotopic (exact) mass is 1800 g/mol. The van der Waals surface area contributed by atoms with Crippen LogP contribution in [-0.4, -0.2) is 136 Å². The third-order valence-corrected chi connectivity index (χ3v) is 24.4. The van der Waals surface area contributed by atoms with Crippen LogP contribution < -0.4 is 51.8 Å². The minimum absolute atomic E-state index is 0.00411. The topological polar surface area (TPSA) is 420 Å². The molecule has 134 heavy (non-hydrogen) atoms. The number of H-pyrrole nitrogens is 4. The van der Waals surface area contributed by atoms with E-state index >= 15 is 0 Å². The van der Waals surface area contributed by atoms with Crippen LogP contribution in [0, 0.1) is 16.7 Å². The molecule has 9 aromatic heterocycles. The van der Waals surface area contributed by atoms with Crippen LogP contribution in [0.5, 0.6) is 23.0 Å². The number of hydrogen-bond donors (Lipinski definition) is 7. The maximum absolute atomic E-state index is 13.0. The van der Waals surface area contributed by atoms with Crippen molar-refractivity contribution in [3.8, 4) is 68.5 Å². The van der Waals surface area contributed by atoms with Gasteiger partial charge in [0.2, 0.25) is 0 Å². The van der Waals surface area contributed by atoms with Gasteiger partial charge in [0.05, 0.1) is 63.8 Å². The third-order valence-electron chi connectivity index (χ3n) is 24.4. The number of nitrogens with one attached hydrogen (secondary N) is 6. The average Bonchev–Trinajstić information content (AvgIpc) is 1.40. The summed E-state index contributed by atoms with van der Waals surface area (Å²) in [5.74, 6) is 5.17. The fourth-order valence-electron chi connectivity index (χ4n) is 16.4. The number of para-hydroxylation sites is 4. The highest BCUT2D eigenvalue weighted by atomic mass is 16.5. The first kappa shape index (κ1) is 89.8. The maximum atomic E-state index is 13.0. The number of aromatic nitrogens is 18. The van der Waals surface area contributed by atoms with E-state index in [1.807, 2.05) is 152 Å². The molecule has 20 rings (SSSR count). The van der Waals surface area contributed by atoms with E-state index in [1.54, 1.807) is 90.7 Å². The van der Waals surface area contributed by atoms with Gasteiger partial charge in [0.1, 0.15) is 49.4 Å². The molecular formula is C101H98N20O13. The lowest BCUT2D eigenvalue weighted by Gasteiger charge is -2.41. The zero-order chi connectivity index (χ0) is 92.5. The first-order valence-corrected chi connectivity index (χ1v) is 44.6. The summed E-state index contributed by atoms with van der Waals surface area (Å²) in [6, 6.07) is 73.8. The molecule has 0 saturated heterocycles. The number of fused-ring (bicyclic) bond motifs is 4. The van der Waals surface area contributed by atoms with E-state index < -0.39 is 0 Å². The number of aryl methyl sites for hydroxylation is 1. The second-order valence-electron chi connectivity index (χ2n) is 33.5. The number of benzene rings is 8. The number of nitrogens with zero attached hydrogens (tertiary/aromatic N) is 14. The Balaban J connectivity index is 0.000000124. The molecule has 680 valence electrons. The molecule has 8 aromatic carbocycles. The van der Waals surface area contributed by atoms with E-state index in [4.69, 9.17) is 18.9 Å². The van der Waals surface area contributed by atoms with Crippen molar-refractivity contribution in [1.82, 2.24) is 98.7 Å². The molecule has 9 heterocycles. The molecule has 3 saturated carbocycles. The standard InChI is InChI=1S/C27H28N4O3.C26H27N5O4.C24H20N6O3.C24H23N5O3/c1-2-27(14-8-15-27)16-13-22(32)21-11-6-7-12-23(21)34-18-20-17-24(33)31-26(28-20)29-25(30-31)19-9-4-3-5-10-19;32-17-26(12-6-7-13-26)16-27-24(34)20-10-4-5-11-21(20)35-15-19-14-22(33)31-25(28-19)29-23(30-31)18-8-2-1-3-9-18;1-29-12-11-17(27-29)13-20(31)19-9-5-6-10-21(19)33-15-18-14-22(32)30-24(25-18)26-23(28-30)16-7-3-2-4-8-16;30-21-13-18(26-24-27-22(28-29(21)24)17-9-2-1-3-10-17)15-32-20-12-5-4-11-19(20)23(31)25-14-16-7-6-8-16/h3-7,9-12,17H,2,8,13-16,18H2,1H3,(H,28,29,30);1-5,8-11,14,32H,6-7,12-13,15-17H2,(H,27,34)(H,28,29,30);2-12,14H,13,15H2,1H3,(H,25,26,28);1-5,9-13,16H,6-8,14-15H2,(H,25,31)(H,26,27,28). The van der Waals surface area contributed by atoms with Gasteiger partial charge in [-0.05, 0) is 111 Å². The van der Waals surface area contributed by atoms with Gasteiger partial charge in [-0.25, -0.2) is 19.9 Å². The van der Waals surface area contributed by atoms with E-state index in [1.165, 1.54) is 80.9 Å². The van der Waals surface area contributed by atoms with E-state index in [-0.39, 0.29) is 114 Å². The van der Waals surface area contributed by atoms with Crippen molar-refractivity contribution in [2.75, 3.05) is 19.7 Å². The lowest BCUT2D eigenvalue weighted by molar-refractivity contribution is 0.0842. The van der Waals surface area contributed by atoms with Crippen molar-refractivity contribution < 1.29 is 43.2 Å². The highest BCUT2D eigenvalue weighted by molar-refractivity contribution is 6.00. The second-order valence-corrected chi connectivity index (χ2v) is 33.5. The Morgan fingerprint density at radius 3 is 1.06 bits per heavy atom. The molecule has 3 aliphatic carbocycles. The van der Waals surface area contributed by atoms with Gasteiger partial charge >= 0.3 is 0 Å². The number of Topliss-reactive ketones (excluding diaryl/α,β-unsaturated/α-hetero) is 2. The largest absolute Gasteiger partial charge is 0.487 e. The Hall–Kier alpha value is -16.2. The Morgan fingerprint density at radius 2 is 0.731 bits per heavy atom. The zero-order valence-corrected chi connectivity index (χ0v) is 73.8. The third kappa shape index (κ3) is 21.4. The number of ketones is 2. The van der Waals surface area contributed by atoms with Gasteiger partial charge in [-0.2, -0.15) is 43.1 Å². The summed E-state index contributed by atoms with van der Waals surface area (Å²) in [7, 11) is 1.81. The van der Waals surface area contributed by atoms with Crippen LogP contribution >= 0.6 is 0 Å². The van der Waals surface area contributed by atoms with E-state index in [2.05, 4.69) is 82.9 Å². The number of amides is 2. The van der Waals surface area contributed by atoms with Crippen LogP contribution in [0.1, 0.15) is 160 Å². The Bertz CT molecular complexity index is 7290. The normalized spacial score (nSPS) is 13.5. The summed E-state index contributed by atoms with van der Waals surface area (Å²) in [5.41, 5.74) is 6.65. The molecule has 7 N–H and O–H groups in total. The number of rotatable bonds is 31. The molecule has 3 aliphatic rings. The molecule has 0 radical (unpaired) electrons.